The van der Waals surface area contributed by atoms with Crippen LogP contribution in [0.25, 0.3) is 0 Å². The Morgan fingerprint density at radius 1 is 1.50 bits per heavy atom. The molecule has 0 amide bonds. The number of aliphatic hydroxyl groups excluding tert-OH is 1. The highest BCUT2D eigenvalue weighted by atomic mass is 127. The van der Waals surface area contributed by atoms with E-state index in [1.807, 2.05) is 36.4 Å². The molecule has 5 heteroatoms. The molecule has 1 aromatic carbocycles. The summed E-state index contributed by atoms with van der Waals surface area (Å²) in [4.78, 5) is 10.4. The summed E-state index contributed by atoms with van der Waals surface area (Å²) in [5.41, 5.74) is 0.402. The fourth-order valence-electron chi connectivity index (χ4n) is 1.53. The maximum absolute atomic E-state index is 10.9. The highest BCUT2D eigenvalue weighted by molar-refractivity contribution is 14.1. The van der Waals surface area contributed by atoms with Gasteiger partial charge < -0.3 is 5.11 Å². The molecule has 0 heterocycles. The largest absolute Gasteiger partial charge is 0.388 e. The number of hydrogen-bond donors (Lipinski definition) is 1. The number of halogens is 1. The minimum Gasteiger partial charge on any atom is -0.388 e. The maximum atomic E-state index is 10.9. The molecular weight excluding hydrogens is 321 g/mol. The van der Waals surface area contributed by atoms with Gasteiger partial charge in [-0.15, -0.1) is 0 Å². The molecule has 0 spiro atoms. The van der Waals surface area contributed by atoms with Crippen LogP contribution < -0.4 is 0 Å². The van der Waals surface area contributed by atoms with Gasteiger partial charge in [-0.3, -0.25) is 10.1 Å². The van der Waals surface area contributed by atoms with E-state index >= 15 is 0 Å². The molecule has 1 aromatic rings. The fraction of sp³-hybridized carbons (Fsp3) is 0.455. The van der Waals surface area contributed by atoms with Crippen molar-refractivity contribution in [3.8, 4) is 0 Å². The van der Waals surface area contributed by atoms with Crippen molar-refractivity contribution in [2.24, 2.45) is 5.92 Å². The van der Waals surface area contributed by atoms with Crippen molar-refractivity contribution in [2.45, 2.75) is 26.4 Å². The Labute approximate surface area is 108 Å². The van der Waals surface area contributed by atoms with Gasteiger partial charge >= 0.3 is 0 Å². The first-order valence-electron chi connectivity index (χ1n) is 5.03. The molecular formula is C11H14INO3. The van der Waals surface area contributed by atoms with Crippen LogP contribution in [0.1, 0.15) is 31.9 Å². The zero-order valence-corrected chi connectivity index (χ0v) is 11.3. The van der Waals surface area contributed by atoms with Gasteiger partial charge in [0.15, 0.2) is 0 Å². The normalized spacial score (nSPS) is 12.8. The third kappa shape index (κ3) is 3.41. The second kappa shape index (κ2) is 5.58. The Bertz CT molecular complexity index is 393. The van der Waals surface area contributed by atoms with E-state index in [-0.39, 0.29) is 5.69 Å². The highest BCUT2D eigenvalue weighted by Crippen LogP contribution is 2.30. The molecule has 1 rings (SSSR count). The summed E-state index contributed by atoms with van der Waals surface area (Å²) in [5, 5.41) is 20.8. The summed E-state index contributed by atoms with van der Waals surface area (Å²) in [6.07, 6.45) is -0.237. The van der Waals surface area contributed by atoms with E-state index in [9.17, 15) is 15.2 Å². The predicted molar refractivity (Wildman–Crippen MR) is 70.2 cm³/mol. The average Bonchev–Trinajstić information content (AvgIpc) is 2.16. The van der Waals surface area contributed by atoms with E-state index in [0.717, 1.165) is 3.57 Å². The number of benzene rings is 1. The van der Waals surface area contributed by atoms with Crippen LogP contribution in [0.5, 0.6) is 0 Å². The van der Waals surface area contributed by atoms with Gasteiger partial charge in [0.1, 0.15) is 0 Å². The molecule has 1 N–H and O–H groups in total. The topological polar surface area (TPSA) is 63.4 Å². The molecule has 0 radical (unpaired) electrons. The molecule has 88 valence electrons. The quantitative estimate of drug-likeness (QED) is 0.522. The van der Waals surface area contributed by atoms with E-state index in [4.69, 9.17) is 0 Å². The average molecular weight is 335 g/mol. The third-order valence-corrected chi connectivity index (χ3v) is 2.91. The molecule has 0 aromatic heterocycles. The Morgan fingerprint density at radius 2 is 2.12 bits per heavy atom. The van der Waals surface area contributed by atoms with Gasteiger partial charge in [-0.1, -0.05) is 13.8 Å². The van der Waals surface area contributed by atoms with Gasteiger partial charge in [-0.05, 0) is 47.1 Å². The minimum atomic E-state index is -0.766. The van der Waals surface area contributed by atoms with Gasteiger partial charge in [0.05, 0.1) is 16.6 Å². The van der Waals surface area contributed by atoms with Crippen LogP contribution in [0.2, 0.25) is 0 Å². The SMILES string of the molecule is CC(C)CC(O)c1ccc(I)cc1[N+](=O)[O-]. The van der Waals surface area contributed by atoms with Gasteiger partial charge in [-0.2, -0.15) is 0 Å². The summed E-state index contributed by atoms with van der Waals surface area (Å²) in [7, 11) is 0. The van der Waals surface area contributed by atoms with Crippen LogP contribution >= 0.6 is 22.6 Å². The summed E-state index contributed by atoms with van der Waals surface area (Å²) in [6, 6.07) is 4.89. The van der Waals surface area contributed by atoms with E-state index in [2.05, 4.69) is 0 Å². The Morgan fingerprint density at radius 3 is 2.62 bits per heavy atom. The summed E-state index contributed by atoms with van der Waals surface area (Å²) >= 11 is 2.02. The number of rotatable bonds is 4. The highest BCUT2D eigenvalue weighted by Gasteiger charge is 2.21. The second-order valence-electron chi connectivity index (χ2n) is 4.11. The smallest absolute Gasteiger partial charge is 0.276 e. The van der Waals surface area contributed by atoms with Gasteiger partial charge in [0, 0.05) is 9.64 Å². The fourth-order valence-corrected chi connectivity index (χ4v) is 2.00. The molecule has 0 aliphatic carbocycles. The van der Waals surface area contributed by atoms with Crippen LogP contribution in [-0.4, -0.2) is 10.0 Å². The lowest BCUT2D eigenvalue weighted by atomic mass is 9.98. The number of hydrogen-bond acceptors (Lipinski definition) is 3. The first-order chi connectivity index (χ1) is 7.41. The van der Waals surface area contributed by atoms with Crippen molar-refractivity contribution in [1.29, 1.82) is 0 Å². The molecule has 0 saturated heterocycles. The van der Waals surface area contributed by atoms with Gasteiger partial charge in [-0.25, -0.2) is 0 Å². The Kier molecular flexibility index (Phi) is 4.67. The summed E-state index contributed by atoms with van der Waals surface area (Å²) in [5.74, 6) is 0.300. The zero-order chi connectivity index (χ0) is 12.3. The summed E-state index contributed by atoms with van der Waals surface area (Å²) < 4.78 is 0.796. The monoisotopic (exact) mass is 335 g/mol. The van der Waals surface area contributed by atoms with Crippen LogP contribution in [0.3, 0.4) is 0 Å². The maximum Gasteiger partial charge on any atom is 0.276 e. The van der Waals surface area contributed by atoms with Crippen molar-refractivity contribution in [3.05, 3.63) is 37.4 Å². The Hall–Kier alpha value is -0.690. The van der Waals surface area contributed by atoms with Gasteiger partial charge in [0.2, 0.25) is 0 Å². The number of aliphatic hydroxyl groups is 1. The molecule has 16 heavy (non-hydrogen) atoms. The number of nitro benzene ring substituents is 1. The van der Waals surface area contributed by atoms with E-state index in [0.29, 0.717) is 17.9 Å². The second-order valence-corrected chi connectivity index (χ2v) is 5.35. The van der Waals surface area contributed by atoms with Crippen molar-refractivity contribution < 1.29 is 10.0 Å². The van der Waals surface area contributed by atoms with E-state index < -0.39 is 11.0 Å². The lowest BCUT2D eigenvalue weighted by Crippen LogP contribution is -2.05. The lowest BCUT2D eigenvalue weighted by molar-refractivity contribution is -0.386. The first kappa shape index (κ1) is 13.4. The lowest BCUT2D eigenvalue weighted by Gasteiger charge is -2.13. The molecule has 0 aliphatic rings. The molecule has 0 aliphatic heterocycles. The van der Waals surface area contributed by atoms with Gasteiger partial charge in [0.25, 0.3) is 5.69 Å². The Balaban J connectivity index is 3.07. The van der Waals surface area contributed by atoms with Crippen LogP contribution in [0.4, 0.5) is 5.69 Å². The summed E-state index contributed by atoms with van der Waals surface area (Å²) in [6.45, 7) is 3.95. The molecule has 0 bridgehead atoms. The van der Waals surface area contributed by atoms with Crippen molar-refractivity contribution >= 4 is 28.3 Å². The minimum absolute atomic E-state index is 0.0000463. The van der Waals surface area contributed by atoms with Crippen LogP contribution in [0.15, 0.2) is 18.2 Å². The number of nitro groups is 1. The van der Waals surface area contributed by atoms with Crippen LogP contribution in [0, 0.1) is 19.6 Å². The third-order valence-electron chi connectivity index (χ3n) is 2.24. The van der Waals surface area contributed by atoms with E-state index in [1.54, 1.807) is 12.1 Å². The van der Waals surface area contributed by atoms with E-state index in [1.165, 1.54) is 6.07 Å². The molecule has 0 fully saturated rings. The molecule has 1 unspecified atom stereocenters. The first-order valence-corrected chi connectivity index (χ1v) is 6.11. The number of nitrogens with zero attached hydrogens (tertiary/aromatic N) is 1. The van der Waals surface area contributed by atoms with Crippen molar-refractivity contribution in [3.63, 3.8) is 0 Å². The van der Waals surface area contributed by atoms with Crippen molar-refractivity contribution in [1.82, 2.24) is 0 Å². The van der Waals surface area contributed by atoms with Crippen molar-refractivity contribution in [2.75, 3.05) is 0 Å². The predicted octanol–water partition coefficient (Wildman–Crippen LogP) is 3.28. The molecule has 4 nitrogen and oxygen atoms in total. The van der Waals surface area contributed by atoms with Crippen LogP contribution in [-0.2, 0) is 0 Å². The standard InChI is InChI=1S/C11H14INO3/c1-7(2)5-11(14)9-4-3-8(12)6-10(9)13(15)16/h3-4,6-7,11,14H,5H2,1-2H3. The molecule has 1 atom stereocenters. The molecule has 0 saturated carbocycles. The zero-order valence-electron chi connectivity index (χ0n) is 9.18.